The minimum Gasteiger partial charge on any atom is -0.388 e. The molecule has 0 amide bonds. The van der Waals surface area contributed by atoms with Gasteiger partial charge in [0, 0.05) is 51.2 Å². The maximum absolute atomic E-state index is 4.50. The molecule has 0 unspecified atom stereocenters. The van der Waals surface area contributed by atoms with Gasteiger partial charge in [0.1, 0.15) is 5.82 Å². The molecule has 0 spiro atoms. The average Bonchev–Trinajstić information content (AvgIpc) is 2.87. The van der Waals surface area contributed by atoms with Crippen LogP contribution in [0.3, 0.4) is 0 Å². The summed E-state index contributed by atoms with van der Waals surface area (Å²) in [5.41, 5.74) is 2.01. The second-order valence-electron chi connectivity index (χ2n) is 4.41. The monoisotopic (exact) mass is 430 g/mol. The summed E-state index contributed by atoms with van der Waals surface area (Å²) in [5, 5.41) is 0. The Hall–Kier alpha value is -1.23. The van der Waals surface area contributed by atoms with E-state index >= 15 is 0 Å². The van der Waals surface area contributed by atoms with Gasteiger partial charge in [-0.2, -0.15) is 0 Å². The molecule has 1 aliphatic heterocycles. The maximum Gasteiger partial charge on any atom is 0.353 e. The average molecular weight is 429 g/mol. The molecule has 0 aliphatic carbocycles. The van der Waals surface area contributed by atoms with Gasteiger partial charge in [-0.1, -0.05) is 6.07 Å². The number of hydrogen-bond donors (Lipinski definition) is 0. The Balaban J connectivity index is 0.00000133. The molecule has 0 saturated carbocycles. The van der Waals surface area contributed by atoms with E-state index in [1.165, 1.54) is 0 Å². The number of rotatable bonds is 2. The van der Waals surface area contributed by atoms with Crippen molar-refractivity contribution in [2.45, 2.75) is 0 Å². The number of hydrogen-bond acceptors (Lipinski definition) is 4. The van der Waals surface area contributed by atoms with Crippen LogP contribution in [-0.2, 0) is 20.1 Å². The van der Waals surface area contributed by atoms with Crippen molar-refractivity contribution in [1.82, 2.24) is 14.8 Å². The van der Waals surface area contributed by atoms with Crippen molar-refractivity contribution in [3.63, 3.8) is 0 Å². The van der Waals surface area contributed by atoms with Crippen molar-refractivity contribution in [3.8, 4) is 11.3 Å². The van der Waals surface area contributed by atoms with Crippen LogP contribution in [0.2, 0.25) is 0 Å². The van der Waals surface area contributed by atoms with Crippen LogP contribution in [-0.4, -0.2) is 42.5 Å². The van der Waals surface area contributed by atoms with E-state index in [2.05, 4.69) is 40.3 Å². The van der Waals surface area contributed by atoms with Gasteiger partial charge in [0.15, 0.2) is 0 Å². The summed E-state index contributed by atoms with van der Waals surface area (Å²) in [6.07, 6.45) is 3.68. The van der Waals surface area contributed by atoms with E-state index in [0.29, 0.717) is 0 Å². The van der Waals surface area contributed by atoms with Gasteiger partial charge in [-0.15, -0.1) is 0 Å². The Morgan fingerprint density at radius 2 is 2.00 bits per heavy atom. The summed E-state index contributed by atoms with van der Waals surface area (Å²) in [6.45, 7) is 2.04. The van der Waals surface area contributed by atoms with Crippen molar-refractivity contribution < 1.29 is 20.1 Å². The molecule has 1 fully saturated rings. The number of nitrogens with zero attached hydrogens (tertiary/aromatic N) is 4. The van der Waals surface area contributed by atoms with E-state index in [4.69, 9.17) is 0 Å². The fraction of sp³-hybridized carbons (Fsp3) is 0.231. The van der Waals surface area contributed by atoms with Gasteiger partial charge >= 0.3 is 7.55 Å². The van der Waals surface area contributed by atoms with E-state index in [-0.39, 0.29) is 20.1 Å². The summed E-state index contributed by atoms with van der Waals surface area (Å²) in [7, 11) is 4.16. The molecule has 2 aromatic heterocycles. The molecule has 1 aliphatic rings. The first-order valence-electron chi connectivity index (χ1n) is 6.02. The molecule has 0 aromatic carbocycles. The Morgan fingerprint density at radius 3 is 2.58 bits per heavy atom. The Bertz CT molecular complexity index is 520. The molecule has 0 bridgehead atoms. The third-order valence-electron chi connectivity index (χ3n) is 3.03. The van der Waals surface area contributed by atoms with E-state index in [1.807, 2.05) is 30.5 Å². The van der Waals surface area contributed by atoms with Crippen molar-refractivity contribution >= 4 is 13.4 Å². The minimum atomic E-state index is 0. The summed E-state index contributed by atoms with van der Waals surface area (Å²) < 4.78 is 0. The van der Waals surface area contributed by atoms with Crippen LogP contribution < -0.4 is 4.81 Å². The van der Waals surface area contributed by atoms with Crippen LogP contribution in [0.15, 0.2) is 42.7 Å². The van der Waals surface area contributed by atoms with E-state index in [0.717, 1.165) is 30.2 Å². The first-order chi connectivity index (χ1) is 8.83. The van der Waals surface area contributed by atoms with Crippen LogP contribution >= 0.6 is 0 Å². The second-order valence-corrected chi connectivity index (χ2v) is 4.41. The molecule has 6 heteroatoms. The molecule has 3 heterocycles. The van der Waals surface area contributed by atoms with E-state index in [9.17, 15) is 0 Å². The second kappa shape index (κ2) is 6.28. The topological polar surface area (TPSA) is 32.3 Å². The van der Waals surface area contributed by atoms with Gasteiger partial charge in [0.05, 0.1) is 5.69 Å². The number of pyridine rings is 2. The van der Waals surface area contributed by atoms with Gasteiger partial charge < -0.3 is 9.62 Å². The van der Waals surface area contributed by atoms with Gasteiger partial charge in [0.25, 0.3) is 0 Å². The third-order valence-corrected chi connectivity index (χ3v) is 3.03. The molecule has 1 saturated heterocycles. The van der Waals surface area contributed by atoms with Crippen LogP contribution in [0, 0.1) is 0 Å². The van der Waals surface area contributed by atoms with Crippen molar-refractivity contribution in [2.75, 3.05) is 24.9 Å². The summed E-state index contributed by atoms with van der Waals surface area (Å²) >= 11 is 0. The van der Waals surface area contributed by atoms with Crippen molar-refractivity contribution in [3.05, 3.63) is 42.7 Å². The minimum absolute atomic E-state index is 0. The molecule has 19 heavy (non-hydrogen) atoms. The predicted octanol–water partition coefficient (Wildman–Crippen LogP) is 1.43. The summed E-state index contributed by atoms with van der Waals surface area (Å²) in [6, 6.07) is 10.0. The predicted molar refractivity (Wildman–Crippen MR) is 73.2 cm³/mol. The normalized spacial score (nSPS) is 14.9. The molecule has 0 N–H and O–H groups in total. The van der Waals surface area contributed by atoms with Crippen molar-refractivity contribution in [1.29, 1.82) is 0 Å². The quantitative estimate of drug-likeness (QED) is 0.677. The zero-order valence-electron chi connectivity index (χ0n) is 10.7. The standard InChI is InChI=1S/C13H14BN4.Ir/c1-17-8-9-18(14-17)13-6-5-11(10-16-13)12-4-2-3-7-15-12;/h2-7,10H,8-9H2,1H3;. The molecule has 3 rings (SSSR count). The molecule has 2 radical (unpaired) electrons. The Labute approximate surface area is 127 Å². The molecular formula is C13H14BIrN4. The number of aromatic nitrogens is 2. The Kier molecular flexibility index (Phi) is 4.69. The number of likely N-dealkylation sites (N-methyl/N-ethyl adjacent to an activating group) is 1. The first-order valence-corrected chi connectivity index (χ1v) is 6.02. The van der Waals surface area contributed by atoms with Crippen LogP contribution in [0.25, 0.3) is 11.3 Å². The van der Waals surface area contributed by atoms with E-state index < -0.39 is 0 Å². The van der Waals surface area contributed by atoms with Gasteiger partial charge in [-0.25, -0.2) is 4.98 Å². The number of anilines is 1. The van der Waals surface area contributed by atoms with Gasteiger partial charge in [0.2, 0.25) is 0 Å². The zero-order chi connectivity index (χ0) is 12.4. The smallest absolute Gasteiger partial charge is 0.353 e. The largest absolute Gasteiger partial charge is 0.388 e. The fourth-order valence-corrected chi connectivity index (χ4v) is 2.03. The summed E-state index contributed by atoms with van der Waals surface area (Å²) in [5.74, 6) is 0.985. The first kappa shape index (κ1) is 14.2. The third kappa shape index (κ3) is 3.21. The zero-order valence-corrected chi connectivity index (χ0v) is 13.1. The van der Waals surface area contributed by atoms with Crippen LogP contribution in [0.4, 0.5) is 5.82 Å². The molecule has 0 atom stereocenters. The van der Waals surface area contributed by atoms with Crippen LogP contribution in [0.5, 0.6) is 0 Å². The molecule has 98 valence electrons. The van der Waals surface area contributed by atoms with Gasteiger partial charge in [-0.3, -0.25) is 4.98 Å². The van der Waals surface area contributed by atoms with Crippen LogP contribution in [0.1, 0.15) is 0 Å². The SMILES string of the molecule is CN1[B]N(c2ccc(-c3ccccn3)cn2)CC1.[Ir]. The van der Waals surface area contributed by atoms with E-state index in [1.54, 1.807) is 6.20 Å². The fourth-order valence-electron chi connectivity index (χ4n) is 2.03. The molecule has 2 aromatic rings. The molecular weight excluding hydrogens is 415 g/mol. The van der Waals surface area contributed by atoms with Gasteiger partial charge in [-0.05, 0) is 31.3 Å². The van der Waals surface area contributed by atoms with Crippen molar-refractivity contribution in [2.24, 2.45) is 0 Å². The maximum atomic E-state index is 4.50. The molecule has 4 nitrogen and oxygen atoms in total. The Morgan fingerprint density at radius 1 is 1.11 bits per heavy atom. The summed E-state index contributed by atoms with van der Waals surface area (Å²) in [4.78, 5) is 13.1.